The third-order valence-electron chi connectivity index (χ3n) is 2.45. The lowest BCUT2D eigenvalue weighted by Crippen LogP contribution is -2.14. The standard InChI is InChI=1S/C12H10ClNO4S2/c1-7-5-6-10(19-7)20(17,18)14-9-4-2-3-8(13)11(9)12(15)16/h2-6,14H,1H3,(H,15,16). The van der Waals surface area contributed by atoms with Gasteiger partial charge in [0.1, 0.15) is 9.77 Å². The molecule has 106 valence electrons. The van der Waals surface area contributed by atoms with Crippen molar-refractivity contribution in [3.8, 4) is 0 Å². The number of rotatable bonds is 4. The highest BCUT2D eigenvalue weighted by Gasteiger charge is 2.21. The predicted molar refractivity (Wildman–Crippen MR) is 78.3 cm³/mol. The van der Waals surface area contributed by atoms with Gasteiger partial charge in [-0.05, 0) is 31.2 Å². The molecule has 8 heteroatoms. The maximum Gasteiger partial charge on any atom is 0.339 e. The Labute approximate surface area is 124 Å². The number of sulfonamides is 1. The number of halogens is 1. The summed E-state index contributed by atoms with van der Waals surface area (Å²) in [6, 6.07) is 7.36. The second-order valence-corrected chi connectivity index (χ2v) is 7.54. The molecule has 20 heavy (non-hydrogen) atoms. The van der Waals surface area contributed by atoms with Crippen molar-refractivity contribution < 1.29 is 18.3 Å². The van der Waals surface area contributed by atoms with Crippen LogP contribution in [0.3, 0.4) is 0 Å². The zero-order valence-electron chi connectivity index (χ0n) is 10.3. The number of carbonyl (C=O) groups is 1. The van der Waals surface area contributed by atoms with Crippen LogP contribution in [0.25, 0.3) is 0 Å². The van der Waals surface area contributed by atoms with E-state index in [1.807, 2.05) is 0 Å². The summed E-state index contributed by atoms with van der Waals surface area (Å²) in [5.74, 6) is -1.30. The lowest BCUT2D eigenvalue weighted by Gasteiger charge is -2.10. The lowest BCUT2D eigenvalue weighted by molar-refractivity contribution is 0.0698. The second kappa shape index (κ2) is 5.43. The number of anilines is 1. The van der Waals surface area contributed by atoms with Crippen LogP contribution < -0.4 is 4.72 Å². The fraction of sp³-hybridized carbons (Fsp3) is 0.0833. The zero-order valence-corrected chi connectivity index (χ0v) is 12.6. The van der Waals surface area contributed by atoms with Crippen LogP contribution in [-0.2, 0) is 10.0 Å². The Morgan fingerprint density at radius 1 is 1.30 bits per heavy atom. The van der Waals surface area contributed by atoms with Gasteiger partial charge in [-0.25, -0.2) is 13.2 Å². The van der Waals surface area contributed by atoms with Gasteiger partial charge in [0.05, 0.1) is 10.7 Å². The molecular weight excluding hydrogens is 322 g/mol. The van der Waals surface area contributed by atoms with Crippen LogP contribution in [0.5, 0.6) is 0 Å². The molecule has 1 heterocycles. The highest BCUT2D eigenvalue weighted by Crippen LogP contribution is 2.28. The maximum atomic E-state index is 12.2. The molecule has 0 aliphatic carbocycles. The smallest absolute Gasteiger partial charge is 0.339 e. The minimum atomic E-state index is -3.82. The van der Waals surface area contributed by atoms with Crippen molar-refractivity contribution in [2.75, 3.05) is 4.72 Å². The Morgan fingerprint density at radius 2 is 2.00 bits per heavy atom. The van der Waals surface area contributed by atoms with Crippen LogP contribution in [0.15, 0.2) is 34.5 Å². The van der Waals surface area contributed by atoms with Crippen molar-refractivity contribution in [2.45, 2.75) is 11.1 Å². The summed E-state index contributed by atoms with van der Waals surface area (Å²) in [7, 11) is -3.82. The molecule has 2 aromatic rings. The molecule has 5 nitrogen and oxygen atoms in total. The quantitative estimate of drug-likeness (QED) is 0.901. The molecule has 1 aromatic heterocycles. The van der Waals surface area contributed by atoms with Crippen molar-refractivity contribution in [3.05, 3.63) is 45.8 Å². The number of aryl methyl sites for hydroxylation is 1. The van der Waals surface area contributed by atoms with Crippen LogP contribution in [0, 0.1) is 6.92 Å². The number of carboxylic acids is 1. The number of aromatic carboxylic acids is 1. The van der Waals surface area contributed by atoms with E-state index in [0.717, 1.165) is 16.2 Å². The minimum Gasteiger partial charge on any atom is -0.478 e. The van der Waals surface area contributed by atoms with E-state index in [2.05, 4.69) is 4.72 Å². The minimum absolute atomic E-state index is 0.0277. The number of benzene rings is 1. The summed E-state index contributed by atoms with van der Waals surface area (Å²) < 4.78 is 26.7. The van der Waals surface area contributed by atoms with Gasteiger partial charge in [0.15, 0.2) is 0 Å². The van der Waals surface area contributed by atoms with E-state index in [-0.39, 0.29) is 20.5 Å². The molecule has 2 N–H and O–H groups in total. The topological polar surface area (TPSA) is 83.5 Å². The van der Waals surface area contributed by atoms with Gasteiger partial charge in [-0.15, -0.1) is 11.3 Å². The van der Waals surface area contributed by atoms with Gasteiger partial charge in [-0.3, -0.25) is 4.72 Å². The summed E-state index contributed by atoms with van der Waals surface area (Å²) in [6.07, 6.45) is 0. The zero-order chi connectivity index (χ0) is 14.9. The Kier molecular flexibility index (Phi) is 4.03. The van der Waals surface area contributed by atoms with Crippen molar-refractivity contribution in [2.24, 2.45) is 0 Å². The molecule has 0 aliphatic rings. The van der Waals surface area contributed by atoms with Crippen LogP contribution >= 0.6 is 22.9 Å². The van der Waals surface area contributed by atoms with E-state index < -0.39 is 16.0 Å². The van der Waals surface area contributed by atoms with Gasteiger partial charge in [0.25, 0.3) is 10.0 Å². The average Bonchev–Trinajstić information content (AvgIpc) is 2.75. The Morgan fingerprint density at radius 3 is 2.55 bits per heavy atom. The normalized spacial score (nSPS) is 11.3. The fourth-order valence-electron chi connectivity index (χ4n) is 1.58. The molecular formula is C12H10ClNO4S2. The van der Waals surface area contributed by atoms with E-state index in [9.17, 15) is 13.2 Å². The van der Waals surface area contributed by atoms with Crippen LogP contribution in [0.2, 0.25) is 5.02 Å². The molecule has 0 amide bonds. The molecule has 0 atom stereocenters. The number of carboxylic acid groups (broad SMARTS) is 1. The molecule has 0 bridgehead atoms. The molecule has 2 rings (SSSR count). The van der Waals surface area contributed by atoms with Gasteiger partial charge >= 0.3 is 5.97 Å². The maximum absolute atomic E-state index is 12.2. The molecule has 0 radical (unpaired) electrons. The van der Waals surface area contributed by atoms with E-state index >= 15 is 0 Å². The monoisotopic (exact) mass is 331 g/mol. The Hall–Kier alpha value is -1.57. The van der Waals surface area contributed by atoms with Crippen LogP contribution in [0.1, 0.15) is 15.2 Å². The molecule has 0 aliphatic heterocycles. The molecule has 0 fully saturated rings. The number of hydrogen-bond donors (Lipinski definition) is 2. The molecule has 1 aromatic carbocycles. The third-order valence-corrected chi connectivity index (χ3v) is 5.63. The van der Waals surface area contributed by atoms with Gasteiger partial charge in [0, 0.05) is 4.88 Å². The SMILES string of the molecule is Cc1ccc(S(=O)(=O)Nc2cccc(Cl)c2C(=O)O)s1. The van der Waals surface area contributed by atoms with Gasteiger partial charge in [-0.2, -0.15) is 0 Å². The van der Waals surface area contributed by atoms with Crippen molar-refractivity contribution >= 4 is 44.6 Å². The van der Waals surface area contributed by atoms with Gasteiger partial charge in [-0.1, -0.05) is 17.7 Å². The highest BCUT2D eigenvalue weighted by atomic mass is 35.5. The first-order valence-electron chi connectivity index (χ1n) is 5.42. The van der Waals surface area contributed by atoms with Crippen LogP contribution in [-0.4, -0.2) is 19.5 Å². The van der Waals surface area contributed by atoms with Crippen LogP contribution in [0.4, 0.5) is 5.69 Å². The molecule has 0 spiro atoms. The number of thiophene rings is 1. The van der Waals surface area contributed by atoms with Crippen molar-refractivity contribution in [3.63, 3.8) is 0 Å². The van der Waals surface area contributed by atoms with Gasteiger partial charge in [0.2, 0.25) is 0 Å². The molecule has 0 saturated carbocycles. The molecule has 0 unspecified atom stereocenters. The van der Waals surface area contributed by atoms with Gasteiger partial charge < -0.3 is 5.11 Å². The first-order chi connectivity index (χ1) is 9.31. The Balaban J connectivity index is 2.45. The van der Waals surface area contributed by atoms with Crippen molar-refractivity contribution in [1.82, 2.24) is 0 Å². The predicted octanol–water partition coefficient (Wildman–Crippen LogP) is 3.21. The van der Waals surface area contributed by atoms with E-state index in [1.54, 1.807) is 13.0 Å². The summed E-state index contributed by atoms with van der Waals surface area (Å²) in [4.78, 5) is 12.0. The summed E-state index contributed by atoms with van der Waals surface area (Å²) >= 11 is 6.89. The summed E-state index contributed by atoms with van der Waals surface area (Å²) in [6.45, 7) is 1.78. The second-order valence-electron chi connectivity index (χ2n) is 3.94. The van der Waals surface area contributed by atoms with Crippen molar-refractivity contribution in [1.29, 1.82) is 0 Å². The number of hydrogen-bond acceptors (Lipinski definition) is 4. The number of nitrogens with one attached hydrogen (secondary N) is 1. The third kappa shape index (κ3) is 2.95. The van der Waals surface area contributed by atoms with E-state index in [0.29, 0.717) is 0 Å². The Bertz CT molecular complexity index is 768. The first-order valence-corrected chi connectivity index (χ1v) is 8.10. The average molecular weight is 332 g/mol. The summed E-state index contributed by atoms with van der Waals surface area (Å²) in [5.41, 5.74) is -0.331. The lowest BCUT2D eigenvalue weighted by atomic mass is 10.2. The largest absolute Gasteiger partial charge is 0.478 e. The fourth-order valence-corrected chi connectivity index (χ4v) is 4.19. The molecule has 0 saturated heterocycles. The summed E-state index contributed by atoms with van der Waals surface area (Å²) in [5, 5.41) is 9.07. The first kappa shape index (κ1) is 14.8. The van der Waals surface area contributed by atoms with E-state index in [4.69, 9.17) is 16.7 Å². The van der Waals surface area contributed by atoms with E-state index in [1.165, 1.54) is 24.3 Å². The highest BCUT2D eigenvalue weighted by molar-refractivity contribution is 7.94.